The van der Waals surface area contributed by atoms with Crippen molar-refractivity contribution < 1.29 is 18.7 Å². The molecule has 0 radical (unpaired) electrons. The number of ether oxygens (including phenoxy) is 2. The summed E-state index contributed by atoms with van der Waals surface area (Å²) in [7, 11) is 0. The number of pyridine rings is 1. The van der Waals surface area contributed by atoms with E-state index in [1.54, 1.807) is 24.4 Å². The van der Waals surface area contributed by atoms with Gasteiger partial charge in [0.2, 0.25) is 5.91 Å². The second kappa shape index (κ2) is 10.0. The molecule has 0 spiro atoms. The second-order valence-corrected chi connectivity index (χ2v) is 6.27. The first kappa shape index (κ1) is 20.1. The molecule has 3 rings (SSSR count). The fourth-order valence-corrected chi connectivity index (χ4v) is 2.45. The number of halogens is 1. The fraction of sp³-hybridized carbons (Fsp3) is 0.130. The van der Waals surface area contributed by atoms with Gasteiger partial charge in [0.15, 0.2) is 11.6 Å². The van der Waals surface area contributed by atoms with Gasteiger partial charge in [-0.25, -0.2) is 4.39 Å². The standard InChI is InChI=1S/C23H21FN2O3/c1-17-4-8-19(9-5-17)28-14-13-26-23(27)11-7-18-6-10-22(21(24)15-18)29-20-3-2-12-25-16-20/h2-12,15-16H,13-14H2,1H3,(H,26,27)/b11-7+. The Balaban J connectivity index is 1.45. The van der Waals surface area contributed by atoms with Crippen molar-refractivity contribution in [3.63, 3.8) is 0 Å². The molecule has 0 aliphatic heterocycles. The van der Waals surface area contributed by atoms with Crippen LogP contribution in [-0.4, -0.2) is 24.0 Å². The summed E-state index contributed by atoms with van der Waals surface area (Å²) in [5.74, 6) is 0.482. The van der Waals surface area contributed by atoms with Crippen LogP contribution in [0.3, 0.4) is 0 Å². The van der Waals surface area contributed by atoms with E-state index in [0.717, 1.165) is 11.3 Å². The average molecular weight is 392 g/mol. The van der Waals surface area contributed by atoms with E-state index in [4.69, 9.17) is 9.47 Å². The molecule has 0 aliphatic carbocycles. The minimum Gasteiger partial charge on any atom is -0.492 e. The number of hydrogen-bond donors (Lipinski definition) is 1. The lowest BCUT2D eigenvalue weighted by atomic mass is 10.2. The van der Waals surface area contributed by atoms with Gasteiger partial charge in [-0.2, -0.15) is 0 Å². The highest BCUT2D eigenvalue weighted by Crippen LogP contribution is 2.24. The van der Waals surface area contributed by atoms with Crippen LogP contribution in [0, 0.1) is 12.7 Å². The molecule has 0 bridgehead atoms. The summed E-state index contributed by atoms with van der Waals surface area (Å²) >= 11 is 0. The lowest BCUT2D eigenvalue weighted by Gasteiger charge is -2.07. The lowest BCUT2D eigenvalue weighted by Crippen LogP contribution is -2.26. The van der Waals surface area contributed by atoms with Crippen molar-refractivity contribution >= 4 is 12.0 Å². The summed E-state index contributed by atoms with van der Waals surface area (Å²) < 4.78 is 25.2. The van der Waals surface area contributed by atoms with E-state index in [-0.39, 0.29) is 11.7 Å². The predicted octanol–water partition coefficient (Wildman–Crippen LogP) is 4.53. The van der Waals surface area contributed by atoms with Crippen molar-refractivity contribution in [3.05, 3.63) is 90.0 Å². The fourth-order valence-electron chi connectivity index (χ4n) is 2.45. The number of carbonyl (C=O) groups excluding carboxylic acids is 1. The zero-order valence-electron chi connectivity index (χ0n) is 16.0. The molecule has 1 amide bonds. The molecule has 6 heteroatoms. The molecule has 1 heterocycles. The van der Waals surface area contributed by atoms with Crippen LogP contribution < -0.4 is 14.8 Å². The van der Waals surface area contributed by atoms with Crippen molar-refractivity contribution in [2.45, 2.75) is 6.92 Å². The Kier molecular flexibility index (Phi) is 6.95. The Labute approximate surface area is 168 Å². The van der Waals surface area contributed by atoms with Crippen LogP contribution in [0.4, 0.5) is 4.39 Å². The van der Waals surface area contributed by atoms with E-state index in [2.05, 4.69) is 10.3 Å². The van der Waals surface area contributed by atoms with Gasteiger partial charge in [0.05, 0.1) is 12.7 Å². The van der Waals surface area contributed by atoms with Crippen LogP contribution in [0.15, 0.2) is 73.1 Å². The number of rotatable bonds is 8. The van der Waals surface area contributed by atoms with E-state index < -0.39 is 5.82 Å². The Bertz CT molecular complexity index is 973. The van der Waals surface area contributed by atoms with Gasteiger partial charge in [-0.05, 0) is 55.0 Å². The molecule has 0 fully saturated rings. The molecule has 29 heavy (non-hydrogen) atoms. The third-order valence-electron chi connectivity index (χ3n) is 3.94. The predicted molar refractivity (Wildman–Crippen MR) is 109 cm³/mol. The van der Waals surface area contributed by atoms with E-state index >= 15 is 0 Å². The Morgan fingerprint density at radius 2 is 1.97 bits per heavy atom. The van der Waals surface area contributed by atoms with Gasteiger partial charge in [0.1, 0.15) is 18.1 Å². The Morgan fingerprint density at radius 3 is 2.69 bits per heavy atom. The molecular formula is C23H21FN2O3. The first-order valence-electron chi connectivity index (χ1n) is 9.13. The molecule has 1 N–H and O–H groups in total. The van der Waals surface area contributed by atoms with Crippen molar-refractivity contribution in [1.29, 1.82) is 0 Å². The minimum atomic E-state index is -0.525. The maximum absolute atomic E-state index is 14.2. The molecule has 0 saturated carbocycles. The van der Waals surface area contributed by atoms with Crippen molar-refractivity contribution in [3.8, 4) is 17.2 Å². The van der Waals surface area contributed by atoms with Crippen LogP contribution in [-0.2, 0) is 4.79 Å². The number of nitrogens with zero attached hydrogens (tertiary/aromatic N) is 1. The number of hydrogen-bond acceptors (Lipinski definition) is 4. The third kappa shape index (κ3) is 6.46. The van der Waals surface area contributed by atoms with Gasteiger partial charge in [-0.3, -0.25) is 9.78 Å². The zero-order valence-corrected chi connectivity index (χ0v) is 16.0. The van der Waals surface area contributed by atoms with E-state index in [0.29, 0.717) is 24.5 Å². The topological polar surface area (TPSA) is 60.5 Å². The Morgan fingerprint density at radius 1 is 1.14 bits per heavy atom. The highest BCUT2D eigenvalue weighted by molar-refractivity contribution is 5.91. The van der Waals surface area contributed by atoms with E-state index in [1.165, 1.54) is 30.5 Å². The van der Waals surface area contributed by atoms with Gasteiger partial charge in [0.25, 0.3) is 0 Å². The lowest BCUT2D eigenvalue weighted by molar-refractivity contribution is -0.116. The first-order valence-corrected chi connectivity index (χ1v) is 9.13. The normalized spacial score (nSPS) is 10.7. The minimum absolute atomic E-state index is 0.0906. The molecule has 3 aromatic rings. The van der Waals surface area contributed by atoms with Crippen LogP contribution >= 0.6 is 0 Å². The highest BCUT2D eigenvalue weighted by atomic mass is 19.1. The van der Waals surface area contributed by atoms with E-state index in [1.807, 2.05) is 31.2 Å². The molecule has 0 aliphatic rings. The van der Waals surface area contributed by atoms with Gasteiger partial charge in [-0.1, -0.05) is 23.8 Å². The smallest absolute Gasteiger partial charge is 0.244 e. The van der Waals surface area contributed by atoms with Crippen LogP contribution in [0.5, 0.6) is 17.2 Å². The molecule has 148 valence electrons. The molecular weight excluding hydrogens is 371 g/mol. The van der Waals surface area contributed by atoms with Crippen LogP contribution in [0.25, 0.3) is 6.08 Å². The quantitative estimate of drug-likeness (QED) is 0.452. The number of benzene rings is 2. The second-order valence-electron chi connectivity index (χ2n) is 6.27. The summed E-state index contributed by atoms with van der Waals surface area (Å²) in [5, 5.41) is 2.72. The van der Waals surface area contributed by atoms with Gasteiger partial charge in [-0.15, -0.1) is 0 Å². The number of aromatic nitrogens is 1. The van der Waals surface area contributed by atoms with Crippen molar-refractivity contribution in [1.82, 2.24) is 10.3 Å². The molecule has 0 atom stereocenters. The van der Waals surface area contributed by atoms with Crippen LogP contribution in [0.2, 0.25) is 0 Å². The van der Waals surface area contributed by atoms with Crippen LogP contribution in [0.1, 0.15) is 11.1 Å². The largest absolute Gasteiger partial charge is 0.492 e. The molecule has 1 aromatic heterocycles. The first-order chi connectivity index (χ1) is 14.1. The summed E-state index contributed by atoms with van der Waals surface area (Å²) in [6.45, 7) is 2.73. The molecule has 0 saturated heterocycles. The van der Waals surface area contributed by atoms with E-state index in [9.17, 15) is 9.18 Å². The number of aryl methyl sites for hydroxylation is 1. The number of amides is 1. The number of carbonyl (C=O) groups is 1. The summed E-state index contributed by atoms with van der Waals surface area (Å²) in [6.07, 6.45) is 5.99. The molecule has 5 nitrogen and oxygen atoms in total. The molecule has 0 unspecified atom stereocenters. The zero-order chi connectivity index (χ0) is 20.5. The van der Waals surface area contributed by atoms with Gasteiger partial charge >= 0.3 is 0 Å². The van der Waals surface area contributed by atoms with Crippen molar-refractivity contribution in [2.75, 3.05) is 13.2 Å². The van der Waals surface area contributed by atoms with Crippen molar-refractivity contribution in [2.24, 2.45) is 0 Å². The highest BCUT2D eigenvalue weighted by Gasteiger charge is 2.05. The Hall–Kier alpha value is -3.67. The monoisotopic (exact) mass is 392 g/mol. The SMILES string of the molecule is Cc1ccc(OCCNC(=O)/C=C/c2ccc(Oc3cccnc3)c(F)c2)cc1. The maximum Gasteiger partial charge on any atom is 0.244 e. The average Bonchev–Trinajstić information content (AvgIpc) is 2.73. The summed E-state index contributed by atoms with van der Waals surface area (Å²) in [4.78, 5) is 15.8. The summed E-state index contributed by atoms with van der Waals surface area (Å²) in [5.41, 5.74) is 1.70. The number of nitrogens with one attached hydrogen (secondary N) is 1. The van der Waals surface area contributed by atoms with Gasteiger partial charge in [0, 0.05) is 12.3 Å². The third-order valence-corrected chi connectivity index (χ3v) is 3.94. The summed E-state index contributed by atoms with van der Waals surface area (Å²) in [6, 6.07) is 15.6. The maximum atomic E-state index is 14.2. The molecule has 2 aromatic carbocycles. The van der Waals surface area contributed by atoms with Gasteiger partial charge < -0.3 is 14.8 Å².